The largest absolute Gasteiger partial charge is 0.348 e. The Morgan fingerprint density at radius 1 is 1.14 bits per heavy atom. The Labute approximate surface area is 175 Å². The summed E-state index contributed by atoms with van der Waals surface area (Å²) in [7, 11) is 0. The van der Waals surface area contributed by atoms with Crippen LogP contribution >= 0.6 is 34.8 Å². The van der Waals surface area contributed by atoms with Gasteiger partial charge in [0, 0.05) is 39.3 Å². The average molecular weight is 447 g/mol. The van der Waals surface area contributed by atoms with Crippen molar-refractivity contribution in [1.29, 1.82) is 0 Å². The summed E-state index contributed by atoms with van der Waals surface area (Å²) in [6.07, 6.45) is 0. The van der Waals surface area contributed by atoms with Crippen LogP contribution in [0.3, 0.4) is 0 Å². The number of aromatic amines is 1. The summed E-state index contributed by atoms with van der Waals surface area (Å²) in [5, 5.41) is 3.17. The molecule has 0 radical (unpaired) electrons. The highest BCUT2D eigenvalue weighted by molar-refractivity contribution is 6.76. The monoisotopic (exact) mass is 445 g/mol. The van der Waals surface area contributed by atoms with Gasteiger partial charge >= 0.3 is 0 Å². The first kappa shape index (κ1) is 20.9. The van der Waals surface area contributed by atoms with E-state index in [1.807, 2.05) is 0 Å². The van der Waals surface area contributed by atoms with Gasteiger partial charge in [-0.05, 0) is 12.1 Å². The van der Waals surface area contributed by atoms with Crippen LogP contribution in [0.4, 0.5) is 0 Å². The SMILES string of the molecule is O=C(NCCN1CCN(C(=O)C(Cl)(Cl)Cl)CC1)c1nc2ccccc2c(=O)[nH]1. The number of benzene rings is 1. The number of alkyl halides is 3. The van der Waals surface area contributed by atoms with Crippen molar-refractivity contribution >= 4 is 57.5 Å². The highest BCUT2D eigenvalue weighted by atomic mass is 35.6. The minimum Gasteiger partial charge on any atom is -0.348 e. The van der Waals surface area contributed by atoms with Crippen molar-refractivity contribution in [3.63, 3.8) is 0 Å². The zero-order valence-corrected chi connectivity index (χ0v) is 17.0. The van der Waals surface area contributed by atoms with E-state index in [0.717, 1.165) is 0 Å². The molecule has 0 spiro atoms. The summed E-state index contributed by atoms with van der Waals surface area (Å²) < 4.78 is -1.94. The Hall–Kier alpha value is -1.87. The van der Waals surface area contributed by atoms with E-state index in [1.54, 1.807) is 24.3 Å². The number of H-pyrrole nitrogens is 1. The van der Waals surface area contributed by atoms with Crippen LogP contribution in [0.25, 0.3) is 10.9 Å². The maximum absolute atomic E-state index is 12.3. The third-order valence-electron chi connectivity index (χ3n) is 4.44. The van der Waals surface area contributed by atoms with E-state index in [2.05, 4.69) is 20.2 Å². The summed E-state index contributed by atoms with van der Waals surface area (Å²) in [5.74, 6) is -1.01. The van der Waals surface area contributed by atoms with Crippen molar-refractivity contribution in [1.82, 2.24) is 25.1 Å². The molecule has 1 aromatic heterocycles. The highest BCUT2D eigenvalue weighted by Gasteiger charge is 2.36. The third kappa shape index (κ3) is 4.94. The van der Waals surface area contributed by atoms with Gasteiger partial charge in [-0.3, -0.25) is 19.3 Å². The van der Waals surface area contributed by atoms with E-state index >= 15 is 0 Å². The molecule has 0 atom stereocenters. The van der Waals surface area contributed by atoms with Gasteiger partial charge in [0.05, 0.1) is 10.9 Å². The first-order valence-electron chi connectivity index (χ1n) is 8.61. The van der Waals surface area contributed by atoms with Gasteiger partial charge in [-0.25, -0.2) is 4.98 Å². The molecule has 8 nitrogen and oxygen atoms in total. The second-order valence-electron chi connectivity index (χ2n) is 6.32. The fraction of sp³-hybridized carbons (Fsp3) is 0.412. The minimum atomic E-state index is -1.94. The molecule has 2 N–H and O–H groups in total. The Morgan fingerprint density at radius 2 is 1.82 bits per heavy atom. The van der Waals surface area contributed by atoms with Crippen LogP contribution in [0.5, 0.6) is 0 Å². The predicted molar refractivity (Wildman–Crippen MR) is 108 cm³/mol. The van der Waals surface area contributed by atoms with Crippen LogP contribution in [0, 0.1) is 0 Å². The Morgan fingerprint density at radius 3 is 2.50 bits per heavy atom. The predicted octanol–water partition coefficient (Wildman–Crippen LogP) is 1.17. The van der Waals surface area contributed by atoms with Gasteiger partial charge < -0.3 is 15.2 Å². The number of para-hydroxylation sites is 1. The number of carbonyl (C=O) groups excluding carboxylic acids is 2. The lowest BCUT2D eigenvalue weighted by Crippen LogP contribution is -2.52. The molecule has 1 aliphatic rings. The maximum atomic E-state index is 12.3. The maximum Gasteiger partial charge on any atom is 0.287 e. The van der Waals surface area contributed by atoms with Crippen molar-refractivity contribution in [2.24, 2.45) is 0 Å². The normalized spacial score (nSPS) is 15.6. The molecule has 150 valence electrons. The molecule has 28 heavy (non-hydrogen) atoms. The number of nitrogens with zero attached hydrogens (tertiary/aromatic N) is 3. The molecule has 3 rings (SSSR count). The molecule has 1 aliphatic heterocycles. The van der Waals surface area contributed by atoms with Crippen molar-refractivity contribution in [3.05, 3.63) is 40.4 Å². The Bertz CT molecular complexity index is 936. The fourth-order valence-electron chi connectivity index (χ4n) is 2.96. The average Bonchev–Trinajstić information content (AvgIpc) is 2.67. The summed E-state index contributed by atoms with van der Waals surface area (Å²) in [5.41, 5.74) is 0.108. The van der Waals surface area contributed by atoms with Gasteiger partial charge in [0.2, 0.25) is 0 Å². The van der Waals surface area contributed by atoms with Gasteiger partial charge in [-0.15, -0.1) is 0 Å². The molecular formula is C17H18Cl3N5O3. The third-order valence-corrected chi connectivity index (χ3v) is 4.93. The number of rotatable bonds is 4. The van der Waals surface area contributed by atoms with E-state index in [4.69, 9.17) is 34.8 Å². The molecule has 0 saturated carbocycles. The zero-order chi connectivity index (χ0) is 20.3. The lowest BCUT2D eigenvalue weighted by atomic mass is 10.2. The van der Waals surface area contributed by atoms with Crippen LogP contribution < -0.4 is 10.9 Å². The molecule has 2 aromatic rings. The van der Waals surface area contributed by atoms with E-state index < -0.39 is 15.6 Å². The van der Waals surface area contributed by atoms with Crippen LogP contribution in [0.1, 0.15) is 10.6 Å². The molecule has 2 heterocycles. The summed E-state index contributed by atoms with van der Waals surface area (Å²) in [6.45, 7) is 3.05. The second kappa shape index (κ2) is 8.65. The van der Waals surface area contributed by atoms with Crippen molar-refractivity contribution < 1.29 is 9.59 Å². The molecular weight excluding hydrogens is 429 g/mol. The van der Waals surface area contributed by atoms with E-state index in [0.29, 0.717) is 50.2 Å². The van der Waals surface area contributed by atoms with Gasteiger partial charge in [-0.2, -0.15) is 0 Å². The smallest absolute Gasteiger partial charge is 0.287 e. The topological polar surface area (TPSA) is 98.4 Å². The standard InChI is InChI=1S/C17H18Cl3N5O3/c18-17(19,20)16(28)25-9-7-24(8-10-25)6-5-21-15(27)13-22-12-4-2-1-3-11(12)14(26)23-13/h1-4H,5-10H2,(H,21,27)(H,22,23,26). The van der Waals surface area contributed by atoms with Crippen LogP contribution in [-0.4, -0.2) is 74.6 Å². The summed E-state index contributed by atoms with van der Waals surface area (Å²) >= 11 is 16.9. The van der Waals surface area contributed by atoms with Gasteiger partial charge in [-0.1, -0.05) is 46.9 Å². The van der Waals surface area contributed by atoms with E-state index in [1.165, 1.54) is 4.90 Å². The molecule has 1 aromatic carbocycles. The number of fused-ring (bicyclic) bond motifs is 1. The number of halogens is 3. The van der Waals surface area contributed by atoms with Crippen LogP contribution in [-0.2, 0) is 4.79 Å². The number of hydrogen-bond acceptors (Lipinski definition) is 5. The van der Waals surface area contributed by atoms with Crippen LogP contribution in [0.15, 0.2) is 29.1 Å². The number of amides is 2. The van der Waals surface area contributed by atoms with Gasteiger partial charge in [0.25, 0.3) is 21.2 Å². The van der Waals surface area contributed by atoms with Gasteiger partial charge in [0.15, 0.2) is 5.82 Å². The molecule has 11 heteroatoms. The molecule has 1 saturated heterocycles. The number of piperazine rings is 1. The molecule has 0 unspecified atom stereocenters. The van der Waals surface area contributed by atoms with Crippen molar-refractivity contribution in [3.8, 4) is 0 Å². The van der Waals surface area contributed by atoms with E-state index in [-0.39, 0.29) is 11.4 Å². The number of aromatic nitrogens is 2. The number of nitrogens with one attached hydrogen (secondary N) is 2. The van der Waals surface area contributed by atoms with Crippen LogP contribution in [0.2, 0.25) is 0 Å². The fourth-order valence-corrected chi connectivity index (χ4v) is 3.32. The lowest BCUT2D eigenvalue weighted by Gasteiger charge is -2.35. The molecule has 1 fully saturated rings. The first-order valence-corrected chi connectivity index (χ1v) is 9.75. The zero-order valence-electron chi connectivity index (χ0n) is 14.8. The van der Waals surface area contributed by atoms with Gasteiger partial charge in [0.1, 0.15) is 0 Å². The Balaban J connectivity index is 1.49. The highest BCUT2D eigenvalue weighted by Crippen LogP contribution is 2.28. The summed E-state index contributed by atoms with van der Waals surface area (Å²) in [6, 6.07) is 6.82. The molecule has 2 amide bonds. The number of hydrogen-bond donors (Lipinski definition) is 2. The Kier molecular flexibility index (Phi) is 6.44. The number of carbonyl (C=O) groups is 2. The lowest BCUT2D eigenvalue weighted by molar-refractivity contribution is -0.131. The quantitative estimate of drug-likeness (QED) is 0.687. The van der Waals surface area contributed by atoms with E-state index in [9.17, 15) is 14.4 Å². The summed E-state index contributed by atoms with van der Waals surface area (Å²) in [4.78, 5) is 46.5. The van der Waals surface area contributed by atoms with Crippen molar-refractivity contribution in [2.45, 2.75) is 3.79 Å². The van der Waals surface area contributed by atoms with Crippen molar-refractivity contribution in [2.75, 3.05) is 39.3 Å². The molecule has 0 bridgehead atoms. The molecule has 0 aliphatic carbocycles. The second-order valence-corrected chi connectivity index (χ2v) is 8.60. The minimum absolute atomic E-state index is 0.0261. The first-order chi connectivity index (χ1) is 13.3.